The number of carbonyl (C=O) groups is 1. The smallest absolute Gasteiger partial charge is 0.216 e. The minimum absolute atomic E-state index is 0. The molecule has 4 atom stereocenters. The van der Waals surface area contributed by atoms with Gasteiger partial charge in [0.15, 0.2) is 6.04 Å². The maximum atomic E-state index is 12.5. The zero-order valence-electron chi connectivity index (χ0n) is 14.2. The molecule has 0 radical (unpaired) electrons. The van der Waals surface area contributed by atoms with Crippen LogP contribution in [0.1, 0.15) is 24.2 Å². The zero-order valence-corrected chi connectivity index (χ0v) is 15.8. The Balaban J connectivity index is 0.00000192. The van der Waals surface area contributed by atoms with Crippen molar-refractivity contribution in [3.63, 3.8) is 0 Å². The average Bonchev–Trinajstić information content (AvgIpc) is 3.08. The van der Waals surface area contributed by atoms with Crippen LogP contribution in [0.4, 0.5) is 0 Å². The highest BCUT2D eigenvalue weighted by Gasteiger charge is 2.64. The third kappa shape index (κ3) is 3.68. The Bertz CT molecular complexity index is 533. The molecule has 0 aliphatic carbocycles. The molecule has 1 aromatic rings. The Hall–Kier alpha value is -0.750. The third-order valence-electron chi connectivity index (χ3n) is 5.71. The minimum Gasteiger partial charge on any atom is -1.00 e. The number of rotatable bonds is 5. The lowest BCUT2D eigenvalue weighted by atomic mass is 10.1. The molecular formula is C18H27BrN2O2. The number of likely N-dealkylation sites (N-methyl/N-ethyl adjacent to an activating group) is 1. The largest absolute Gasteiger partial charge is 1.00 e. The Morgan fingerprint density at radius 1 is 1.30 bits per heavy atom. The van der Waals surface area contributed by atoms with Gasteiger partial charge in [-0.25, -0.2) is 0 Å². The van der Waals surface area contributed by atoms with E-state index in [1.807, 2.05) is 30.3 Å². The first-order valence-corrected chi connectivity index (χ1v) is 8.29. The molecule has 23 heavy (non-hydrogen) atoms. The Morgan fingerprint density at radius 2 is 1.91 bits per heavy atom. The van der Waals surface area contributed by atoms with Gasteiger partial charge in [-0.1, -0.05) is 30.3 Å². The molecular weight excluding hydrogens is 356 g/mol. The number of morpholine rings is 1. The van der Waals surface area contributed by atoms with Crippen LogP contribution in [0.25, 0.3) is 0 Å². The summed E-state index contributed by atoms with van der Waals surface area (Å²) in [6.45, 7) is 8.87. The molecule has 0 saturated carbocycles. The van der Waals surface area contributed by atoms with Crippen molar-refractivity contribution < 1.29 is 31.0 Å². The van der Waals surface area contributed by atoms with E-state index in [9.17, 15) is 4.79 Å². The third-order valence-corrected chi connectivity index (χ3v) is 5.71. The molecule has 0 aromatic heterocycles. The van der Waals surface area contributed by atoms with E-state index in [0.29, 0.717) is 24.7 Å². The fourth-order valence-electron chi connectivity index (χ4n) is 4.11. The van der Waals surface area contributed by atoms with Gasteiger partial charge in [-0.3, -0.25) is 9.69 Å². The van der Waals surface area contributed by atoms with Gasteiger partial charge in [0.25, 0.3) is 0 Å². The van der Waals surface area contributed by atoms with Crippen LogP contribution in [0.2, 0.25) is 0 Å². The van der Waals surface area contributed by atoms with Gasteiger partial charge >= 0.3 is 0 Å². The summed E-state index contributed by atoms with van der Waals surface area (Å²) in [6.07, 6.45) is 0. The first-order valence-electron chi connectivity index (χ1n) is 8.29. The zero-order chi connectivity index (χ0) is 15.7. The molecule has 1 aromatic carbocycles. The van der Waals surface area contributed by atoms with Crippen molar-refractivity contribution in [2.24, 2.45) is 0 Å². The number of benzene rings is 1. The fraction of sp³-hybridized carbons (Fsp3) is 0.611. The SMILES string of the molecule is CC(C1C(C)[N+]1(C)CC(=O)c1ccccc1)N1CCOCC1.[Br-]. The van der Waals surface area contributed by atoms with Crippen molar-refractivity contribution >= 4 is 5.78 Å². The summed E-state index contributed by atoms with van der Waals surface area (Å²) in [5.41, 5.74) is 0.832. The van der Waals surface area contributed by atoms with Gasteiger partial charge in [0.05, 0.1) is 26.3 Å². The molecule has 3 rings (SSSR count). The molecule has 4 unspecified atom stereocenters. The predicted octanol–water partition coefficient (Wildman–Crippen LogP) is -1.19. The molecule has 0 spiro atoms. The lowest BCUT2D eigenvalue weighted by Crippen LogP contribution is -3.00. The molecule has 0 bridgehead atoms. The molecule has 2 aliphatic heterocycles. The van der Waals surface area contributed by atoms with E-state index < -0.39 is 0 Å². The first-order chi connectivity index (χ1) is 10.5. The topological polar surface area (TPSA) is 29.5 Å². The summed E-state index contributed by atoms with van der Waals surface area (Å²) in [6, 6.07) is 11.3. The van der Waals surface area contributed by atoms with Crippen molar-refractivity contribution in [1.82, 2.24) is 4.90 Å². The lowest BCUT2D eigenvalue weighted by molar-refractivity contribution is -0.796. The number of ketones is 1. The fourth-order valence-corrected chi connectivity index (χ4v) is 4.11. The van der Waals surface area contributed by atoms with Gasteiger partial charge in [-0.2, -0.15) is 0 Å². The maximum absolute atomic E-state index is 12.5. The Morgan fingerprint density at radius 3 is 2.52 bits per heavy atom. The predicted molar refractivity (Wildman–Crippen MR) is 86.9 cm³/mol. The van der Waals surface area contributed by atoms with E-state index in [1.165, 1.54) is 0 Å². The molecule has 4 nitrogen and oxygen atoms in total. The molecule has 2 aliphatic rings. The van der Waals surface area contributed by atoms with Crippen LogP contribution in [-0.4, -0.2) is 73.2 Å². The van der Waals surface area contributed by atoms with Gasteiger partial charge in [0, 0.05) is 18.7 Å². The van der Waals surface area contributed by atoms with Crippen LogP contribution in [0.3, 0.4) is 0 Å². The van der Waals surface area contributed by atoms with E-state index in [0.717, 1.165) is 36.3 Å². The Labute approximate surface area is 149 Å². The van der Waals surface area contributed by atoms with Crippen LogP contribution in [-0.2, 0) is 4.74 Å². The van der Waals surface area contributed by atoms with E-state index in [1.54, 1.807) is 0 Å². The molecule has 2 heterocycles. The van der Waals surface area contributed by atoms with Crippen LogP contribution in [0.15, 0.2) is 30.3 Å². The molecule has 2 fully saturated rings. The number of Topliss-reactive ketones (excluding diaryl/α,β-unsaturated/α-hetero) is 1. The monoisotopic (exact) mass is 382 g/mol. The van der Waals surface area contributed by atoms with E-state index in [4.69, 9.17) is 4.74 Å². The number of carbonyl (C=O) groups excluding carboxylic acids is 1. The van der Waals surface area contributed by atoms with Gasteiger partial charge in [0.1, 0.15) is 12.6 Å². The first kappa shape index (κ1) is 18.6. The van der Waals surface area contributed by atoms with Crippen LogP contribution >= 0.6 is 0 Å². The number of hydrogen-bond donors (Lipinski definition) is 0. The molecule has 128 valence electrons. The van der Waals surface area contributed by atoms with Crippen molar-refractivity contribution in [3.05, 3.63) is 35.9 Å². The second kappa shape index (κ2) is 7.43. The van der Waals surface area contributed by atoms with Crippen molar-refractivity contribution in [2.45, 2.75) is 32.0 Å². The number of nitrogens with zero attached hydrogens (tertiary/aromatic N) is 2. The van der Waals surface area contributed by atoms with Crippen LogP contribution < -0.4 is 17.0 Å². The van der Waals surface area contributed by atoms with E-state index >= 15 is 0 Å². The van der Waals surface area contributed by atoms with Gasteiger partial charge in [-0.05, 0) is 13.8 Å². The van der Waals surface area contributed by atoms with Gasteiger partial charge in [-0.15, -0.1) is 0 Å². The molecule has 0 amide bonds. The minimum atomic E-state index is 0. The highest BCUT2D eigenvalue weighted by molar-refractivity contribution is 5.97. The second-order valence-corrected chi connectivity index (χ2v) is 6.91. The average molecular weight is 383 g/mol. The number of quaternary nitrogens is 1. The Kier molecular flexibility index (Phi) is 6.00. The van der Waals surface area contributed by atoms with Crippen molar-refractivity contribution in [1.29, 1.82) is 0 Å². The highest BCUT2D eigenvalue weighted by atomic mass is 79.9. The normalized spacial score (nSPS) is 32.0. The number of ether oxygens (including phenoxy) is 1. The summed E-state index contributed by atoms with van der Waals surface area (Å²) >= 11 is 0. The van der Waals surface area contributed by atoms with Crippen molar-refractivity contribution in [3.8, 4) is 0 Å². The molecule has 5 heteroatoms. The quantitative estimate of drug-likeness (QED) is 0.364. The maximum Gasteiger partial charge on any atom is 0.216 e. The van der Waals surface area contributed by atoms with E-state index in [2.05, 4.69) is 25.8 Å². The summed E-state index contributed by atoms with van der Waals surface area (Å²) < 4.78 is 6.32. The second-order valence-electron chi connectivity index (χ2n) is 6.91. The summed E-state index contributed by atoms with van der Waals surface area (Å²) in [4.78, 5) is 15.1. The van der Waals surface area contributed by atoms with Gasteiger partial charge in [0.2, 0.25) is 5.78 Å². The van der Waals surface area contributed by atoms with Crippen LogP contribution in [0.5, 0.6) is 0 Å². The van der Waals surface area contributed by atoms with Crippen molar-refractivity contribution in [2.75, 3.05) is 39.9 Å². The summed E-state index contributed by atoms with van der Waals surface area (Å²) in [7, 11) is 2.23. The number of hydrogen-bond acceptors (Lipinski definition) is 3. The summed E-state index contributed by atoms with van der Waals surface area (Å²) in [5.74, 6) is 0.256. The van der Waals surface area contributed by atoms with Crippen LogP contribution in [0, 0.1) is 0 Å². The number of halogens is 1. The standard InChI is InChI=1S/C18H27N2O2.BrH/c1-14(19-9-11-22-12-10-19)18-15(2)20(18,3)13-17(21)16-7-5-4-6-8-16;/h4-8,14-15,18H,9-13H2,1-3H3;1H/q+1;/p-1. The van der Waals surface area contributed by atoms with E-state index in [-0.39, 0.29) is 22.8 Å². The molecule has 0 N–H and O–H groups in total. The lowest BCUT2D eigenvalue weighted by Gasteiger charge is -2.32. The van der Waals surface area contributed by atoms with Gasteiger partial charge < -0.3 is 26.2 Å². The highest BCUT2D eigenvalue weighted by Crippen LogP contribution is 2.41. The summed E-state index contributed by atoms with van der Waals surface area (Å²) in [5, 5.41) is 0. The molecule has 2 saturated heterocycles.